The number of anilines is 2. The third-order valence-corrected chi connectivity index (χ3v) is 2.32. The van der Waals surface area contributed by atoms with E-state index in [-0.39, 0.29) is 5.91 Å². The van der Waals surface area contributed by atoms with Crippen molar-refractivity contribution in [1.29, 1.82) is 0 Å². The molecule has 0 aliphatic heterocycles. The second-order valence-corrected chi connectivity index (χ2v) is 3.70. The molecule has 0 unspecified atom stereocenters. The van der Waals surface area contributed by atoms with Crippen LogP contribution in [0.1, 0.15) is 19.3 Å². The van der Waals surface area contributed by atoms with Gasteiger partial charge in [0.05, 0.1) is 11.4 Å². The lowest BCUT2D eigenvalue weighted by Gasteiger charge is -2.07. The Kier molecular flexibility index (Phi) is 5.36. The Balaban J connectivity index is 2.32. The van der Waals surface area contributed by atoms with Crippen molar-refractivity contribution < 1.29 is 4.79 Å². The highest BCUT2D eigenvalue weighted by Crippen LogP contribution is 2.16. The highest BCUT2D eigenvalue weighted by molar-refractivity contribution is 5.93. The van der Waals surface area contributed by atoms with Crippen molar-refractivity contribution in [3.63, 3.8) is 0 Å². The summed E-state index contributed by atoms with van der Waals surface area (Å²) in [5, 5.41) is 5.85. The van der Waals surface area contributed by atoms with Crippen LogP contribution >= 0.6 is 0 Å². The van der Waals surface area contributed by atoms with Gasteiger partial charge in [0, 0.05) is 6.42 Å². The zero-order valence-corrected chi connectivity index (χ0v) is 9.62. The van der Waals surface area contributed by atoms with Crippen LogP contribution < -0.4 is 16.4 Å². The maximum absolute atomic E-state index is 11.5. The molecule has 0 aromatic heterocycles. The number of amides is 1. The standard InChI is InChI=1S/C12H19N3O/c1-14-9-5-4-8-12(16)15-11-7-3-2-6-10(11)13/h2-3,6-7,14H,4-5,8-9,13H2,1H3,(H,15,16). The summed E-state index contributed by atoms with van der Waals surface area (Å²) in [5.41, 5.74) is 7.02. The van der Waals surface area contributed by atoms with Gasteiger partial charge in [0.2, 0.25) is 5.91 Å². The molecule has 0 heterocycles. The van der Waals surface area contributed by atoms with E-state index in [2.05, 4.69) is 10.6 Å². The fraction of sp³-hybridized carbons (Fsp3) is 0.417. The molecule has 0 spiro atoms. The maximum Gasteiger partial charge on any atom is 0.224 e. The number of unbranched alkanes of at least 4 members (excludes halogenated alkanes) is 1. The van der Waals surface area contributed by atoms with Crippen LogP contribution in [0.5, 0.6) is 0 Å². The summed E-state index contributed by atoms with van der Waals surface area (Å²) in [6.07, 6.45) is 2.43. The van der Waals surface area contributed by atoms with Gasteiger partial charge in [-0.05, 0) is 38.6 Å². The summed E-state index contributed by atoms with van der Waals surface area (Å²) in [5.74, 6) is 0.0222. The molecule has 1 aromatic carbocycles. The molecule has 0 fully saturated rings. The normalized spacial score (nSPS) is 10.1. The molecular weight excluding hydrogens is 202 g/mol. The molecule has 0 atom stereocenters. The van der Waals surface area contributed by atoms with E-state index in [0.29, 0.717) is 17.8 Å². The average molecular weight is 221 g/mol. The van der Waals surface area contributed by atoms with Crippen LogP contribution in [0.2, 0.25) is 0 Å². The van der Waals surface area contributed by atoms with Gasteiger partial charge < -0.3 is 16.4 Å². The first kappa shape index (κ1) is 12.5. The first-order valence-electron chi connectivity index (χ1n) is 5.53. The van der Waals surface area contributed by atoms with E-state index < -0.39 is 0 Å². The minimum absolute atomic E-state index is 0.0222. The Morgan fingerprint density at radius 2 is 2.06 bits per heavy atom. The van der Waals surface area contributed by atoms with Crippen molar-refractivity contribution in [1.82, 2.24) is 5.32 Å². The van der Waals surface area contributed by atoms with Gasteiger partial charge in [0.15, 0.2) is 0 Å². The van der Waals surface area contributed by atoms with Crippen molar-refractivity contribution in [2.45, 2.75) is 19.3 Å². The summed E-state index contributed by atoms with van der Waals surface area (Å²) >= 11 is 0. The van der Waals surface area contributed by atoms with Crippen LogP contribution in [-0.4, -0.2) is 19.5 Å². The summed E-state index contributed by atoms with van der Waals surface area (Å²) in [4.78, 5) is 11.5. The van der Waals surface area contributed by atoms with Gasteiger partial charge in [0.25, 0.3) is 0 Å². The summed E-state index contributed by atoms with van der Waals surface area (Å²) in [6.45, 7) is 0.945. The van der Waals surface area contributed by atoms with Crippen LogP contribution in [0.25, 0.3) is 0 Å². The van der Waals surface area contributed by atoms with E-state index in [0.717, 1.165) is 19.4 Å². The number of carbonyl (C=O) groups excluding carboxylic acids is 1. The van der Waals surface area contributed by atoms with Gasteiger partial charge in [0.1, 0.15) is 0 Å². The van der Waals surface area contributed by atoms with Crippen molar-refractivity contribution >= 4 is 17.3 Å². The van der Waals surface area contributed by atoms with E-state index in [1.54, 1.807) is 12.1 Å². The molecule has 1 aromatic rings. The van der Waals surface area contributed by atoms with Crippen molar-refractivity contribution in [3.8, 4) is 0 Å². The Hall–Kier alpha value is -1.55. The monoisotopic (exact) mass is 221 g/mol. The van der Waals surface area contributed by atoms with Gasteiger partial charge in [-0.1, -0.05) is 12.1 Å². The minimum atomic E-state index is 0.0222. The molecule has 88 valence electrons. The summed E-state index contributed by atoms with van der Waals surface area (Å²) in [6, 6.07) is 7.28. The average Bonchev–Trinajstić information content (AvgIpc) is 2.28. The first-order chi connectivity index (χ1) is 7.74. The topological polar surface area (TPSA) is 67.2 Å². The molecule has 0 aliphatic carbocycles. The van der Waals surface area contributed by atoms with Crippen LogP contribution in [0.15, 0.2) is 24.3 Å². The summed E-state index contributed by atoms with van der Waals surface area (Å²) in [7, 11) is 1.91. The number of nitrogen functional groups attached to an aromatic ring is 1. The van der Waals surface area contributed by atoms with E-state index >= 15 is 0 Å². The second kappa shape index (κ2) is 6.85. The highest BCUT2D eigenvalue weighted by Gasteiger charge is 2.03. The molecular formula is C12H19N3O. The highest BCUT2D eigenvalue weighted by atomic mass is 16.1. The minimum Gasteiger partial charge on any atom is -0.397 e. The predicted octanol–water partition coefficient (Wildman–Crippen LogP) is 1.60. The van der Waals surface area contributed by atoms with Gasteiger partial charge >= 0.3 is 0 Å². The third-order valence-electron chi connectivity index (χ3n) is 2.32. The Morgan fingerprint density at radius 1 is 1.31 bits per heavy atom. The SMILES string of the molecule is CNCCCCC(=O)Nc1ccccc1N. The zero-order valence-electron chi connectivity index (χ0n) is 9.62. The molecule has 0 aliphatic rings. The molecule has 16 heavy (non-hydrogen) atoms. The molecule has 4 nitrogen and oxygen atoms in total. The lowest BCUT2D eigenvalue weighted by atomic mass is 10.2. The van der Waals surface area contributed by atoms with Gasteiger partial charge in [-0.25, -0.2) is 0 Å². The molecule has 0 saturated carbocycles. The third kappa shape index (κ3) is 4.31. The fourth-order valence-electron chi connectivity index (χ4n) is 1.41. The largest absolute Gasteiger partial charge is 0.397 e. The maximum atomic E-state index is 11.5. The number of para-hydroxylation sites is 2. The van der Waals surface area contributed by atoms with E-state index in [1.807, 2.05) is 19.2 Å². The lowest BCUT2D eigenvalue weighted by molar-refractivity contribution is -0.116. The molecule has 0 radical (unpaired) electrons. The van der Waals surface area contributed by atoms with E-state index in [1.165, 1.54) is 0 Å². The number of nitrogens with one attached hydrogen (secondary N) is 2. The Morgan fingerprint density at radius 3 is 2.75 bits per heavy atom. The van der Waals surface area contributed by atoms with Crippen LogP contribution in [0, 0.1) is 0 Å². The quantitative estimate of drug-likeness (QED) is 0.505. The number of hydrogen-bond donors (Lipinski definition) is 3. The molecule has 4 N–H and O–H groups in total. The molecule has 0 bridgehead atoms. The van der Waals surface area contributed by atoms with Crippen LogP contribution in [0.4, 0.5) is 11.4 Å². The number of hydrogen-bond acceptors (Lipinski definition) is 3. The molecule has 0 saturated heterocycles. The van der Waals surface area contributed by atoms with Crippen LogP contribution in [-0.2, 0) is 4.79 Å². The zero-order chi connectivity index (χ0) is 11.8. The van der Waals surface area contributed by atoms with Gasteiger partial charge in [-0.3, -0.25) is 4.79 Å². The number of benzene rings is 1. The van der Waals surface area contributed by atoms with Crippen molar-refractivity contribution in [2.24, 2.45) is 0 Å². The smallest absolute Gasteiger partial charge is 0.224 e. The van der Waals surface area contributed by atoms with Gasteiger partial charge in [-0.15, -0.1) is 0 Å². The number of carbonyl (C=O) groups is 1. The molecule has 4 heteroatoms. The number of nitrogens with two attached hydrogens (primary N) is 1. The summed E-state index contributed by atoms with van der Waals surface area (Å²) < 4.78 is 0. The van der Waals surface area contributed by atoms with Crippen molar-refractivity contribution in [2.75, 3.05) is 24.6 Å². The Bertz CT molecular complexity index is 339. The second-order valence-electron chi connectivity index (χ2n) is 3.70. The Labute approximate surface area is 96.2 Å². The number of rotatable bonds is 6. The predicted molar refractivity (Wildman–Crippen MR) is 67.3 cm³/mol. The molecule has 1 amide bonds. The molecule has 1 rings (SSSR count). The van der Waals surface area contributed by atoms with E-state index in [9.17, 15) is 4.79 Å². The van der Waals surface area contributed by atoms with Gasteiger partial charge in [-0.2, -0.15) is 0 Å². The van der Waals surface area contributed by atoms with Crippen molar-refractivity contribution in [3.05, 3.63) is 24.3 Å². The first-order valence-corrected chi connectivity index (χ1v) is 5.53. The fourth-order valence-corrected chi connectivity index (χ4v) is 1.41. The lowest BCUT2D eigenvalue weighted by Crippen LogP contribution is -2.14. The van der Waals surface area contributed by atoms with Crippen LogP contribution in [0.3, 0.4) is 0 Å². The van der Waals surface area contributed by atoms with E-state index in [4.69, 9.17) is 5.73 Å².